The Balaban J connectivity index is 1.93. The topological polar surface area (TPSA) is 107 Å². The van der Waals surface area contributed by atoms with Gasteiger partial charge in [0.2, 0.25) is 5.88 Å². The number of benzene rings is 2. The number of carbonyl (C=O) groups is 2. The van der Waals surface area contributed by atoms with Crippen LogP contribution < -0.4 is 20.5 Å². The maximum Gasteiger partial charge on any atom is 0.279 e. The van der Waals surface area contributed by atoms with Crippen molar-refractivity contribution in [2.24, 2.45) is 9.98 Å². The SMILES string of the molecule is C=CCn1c(O)c(C2=c3cc(Br)ccc3=NC2=O)sc1=Nc1ccc(C(=O)[O-])cc1. The minimum absolute atomic E-state index is 0.0403. The predicted octanol–water partition coefficient (Wildman–Crippen LogP) is 1.16. The van der Waals surface area contributed by atoms with Crippen LogP contribution in [0.3, 0.4) is 0 Å². The highest BCUT2D eigenvalue weighted by Crippen LogP contribution is 2.29. The lowest BCUT2D eigenvalue weighted by Gasteiger charge is -2.03. The second-order valence-electron chi connectivity index (χ2n) is 6.34. The number of aromatic carboxylic acids is 1. The van der Waals surface area contributed by atoms with E-state index in [4.69, 9.17) is 0 Å². The van der Waals surface area contributed by atoms with E-state index in [9.17, 15) is 19.8 Å². The second kappa shape index (κ2) is 7.85. The van der Waals surface area contributed by atoms with Gasteiger partial charge in [-0.25, -0.2) is 9.98 Å². The Labute approximate surface area is 182 Å². The molecule has 4 rings (SSSR count). The van der Waals surface area contributed by atoms with Crippen molar-refractivity contribution in [2.45, 2.75) is 6.54 Å². The summed E-state index contributed by atoms with van der Waals surface area (Å²) in [5, 5.41) is 23.0. The summed E-state index contributed by atoms with van der Waals surface area (Å²) in [7, 11) is 0. The molecule has 3 aromatic rings. The molecule has 0 radical (unpaired) electrons. The zero-order chi connectivity index (χ0) is 21.4. The largest absolute Gasteiger partial charge is 0.545 e. The number of rotatable bonds is 5. The van der Waals surface area contributed by atoms with Crippen molar-refractivity contribution < 1.29 is 19.8 Å². The average Bonchev–Trinajstić information content (AvgIpc) is 3.18. The number of hydrogen-bond donors (Lipinski definition) is 1. The van der Waals surface area contributed by atoms with Crippen LogP contribution in [-0.2, 0) is 11.3 Å². The third-order valence-corrected chi connectivity index (χ3v) is 5.99. The molecule has 1 amide bonds. The van der Waals surface area contributed by atoms with Crippen molar-refractivity contribution in [3.8, 4) is 5.88 Å². The summed E-state index contributed by atoms with van der Waals surface area (Å²) >= 11 is 4.54. The van der Waals surface area contributed by atoms with Gasteiger partial charge >= 0.3 is 0 Å². The number of thiazole rings is 1. The van der Waals surface area contributed by atoms with E-state index in [2.05, 4.69) is 32.5 Å². The second-order valence-corrected chi connectivity index (χ2v) is 8.23. The van der Waals surface area contributed by atoms with E-state index in [1.54, 1.807) is 24.3 Å². The van der Waals surface area contributed by atoms with Gasteiger partial charge in [-0.1, -0.05) is 45.5 Å². The van der Waals surface area contributed by atoms with Crippen LogP contribution in [0.15, 0.2) is 69.6 Å². The van der Waals surface area contributed by atoms with Crippen LogP contribution in [0.25, 0.3) is 5.57 Å². The molecule has 150 valence electrons. The molecule has 7 nitrogen and oxygen atoms in total. The Hall–Kier alpha value is -3.30. The fraction of sp³-hybridized carbons (Fsp3) is 0.0476. The molecular weight excluding hydrogens is 470 g/mol. The highest BCUT2D eigenvalue weighted by Gasteiger charge is 2.25. The number of hydrogen-bond acceptors (Lipinski definition) is 6. The number of nitrogens with zero attached hydrogens (tertiary/aromatic N) is 3. The first-order valence-electron chi connectivity index (χ1n) is 8.72. The maximum absolute atomic E-state index is 12.6. The van der Waals surface area contributed by atoms with Crippen LogP contribution >= 0.6 is 27.3 Å². The third kappa shape index (κ3) is 3.53. The van der Waals surface area contributed by atoms with Gasteiger partial charge in [0, 0.05) is 16.2 Å². The fourth-order valence-electron chi connectivity index (χ4n) is 3.03. The summed E-state index contributed by atoms with van der Waals surface area (Å²) in [6, 6.07) is 11.2. The average molecular weight is 483 g/mol. The number of halogens is 1. The van der Waals surface area contributed by atoms with E-state index >= 15 is 0 Å². The molecule has 0 atom stereocenters. The minimum Gasteiger partial charge on any atom is -0.545 e. The van der Waals surface area contributed by atoms with Gasteiger partial charge in [0.05, 0.1) is 22.6 Å². The van der Waals surface area contributed by atoms with Gasteiger partial charge in [0.25, 0.3) is 5.91 Å². The van der Waals surface area contributed by atoms with E-state index in [1.165, 1.54) is 28.8 Å². The van der Waals surface area contributed by atoms with Gasteiger partial charge in [-0.2, -0.15) is 0 Å². The van der Waals surface area contributed by atoms with Gasteiger partial charge in [-0.15, -0.1) is 6.58 Å². The third-order valence-electron chi connectivity index (χ3n) is 4.41. The number of carboxylic acid groups (broad SMARTS) is 1. The molecule has 0 unspecified atom stereocenters. The van der Waals surface area contributed by atoms with E-state index < -0.39 is 11.9 Å². The number of aromatic hydroxyl groups is 1. The van der Waals surface area contributed by atoms with E-state index in [0.29, 0.717) is 31.5 Å². The quantitative estimate of drug-likeness (QED) is 0.550. The first kappa shape index (κ1) is 20.0. The molecule has 0 saturated carbocycles. The van der Waals surface area contributed by atoms with Gasteiger partial charge in [-0.3, -0.25) is 9.36 Å². The lowest BCUT2D eigenvalue weighted by Crippen LogP contribution is -2.22. The van der Waals surface area contributed by atoms with E-state index in [-0.39, 0.29) is 18.0 Å². The Morgan fingerprint density at radius 2 is 2.03 bits per heavy atom. The van der Waals surface area contributed by atoms with Crippen LogP contribution in [0.1, 0.15) is 15.2 Å². The summed E-state index contributed by atoms with van der Waals surface area (Å²) in [5.74, 6) is -1.82. The lowest BCUT2D eigenvalue weighted by molar-refractivity contribution is -0.255. The number of fused-ring (bicyclic) bond motifs is 1. The van der Waals surface area contributed by atoms with Crippen molar-refractivity contribution >= 4 is 50.4 Å². The normalized spacial score (nSPS) is 13.3. The van der Waals surface area contributed by atoms with Gasteiger partial charge in [0.1, 0.15) is 4.88 Å². The van der Waals surface area contributed by atoms with Crippen LogP contribution in [0, 0.1) is 0 Å². The Kier molecular flexibility index (Phi) is 5.23. The molecular formula is C21H13BrN3O4S-. The van der Waals surface area contributed by atoms with Gasteiger partial charge in [0.15, 0.2) is 4.80 Å². The van der Waals surface area contributed by atoms with Crippen molar-refractivity contribution in [3.63, 3.8) is 0 Å². The van der Waals surface area contributed by atoms with Crippen LogP contribution in [0.2, 0.25) is 0 Å². The zero-order valence-corrected chi connectivity index (χ0v) is 17.7. The highest BCUT2D eigenvalue weighted by molar-refractivity contribution is 9.10. The fourth-order valence-corrected chi connectivity index (χ4v) is 4.50. The van der Waals surface area contributed by atoms with Crippen LogP contribution in [0.4, 0.5) is 5.69 Å². The Morgan fingerprint density at radius 1 is 1.30 bits per heavy atom. The number of carbonyl (C=O) groups excluding carboxylic acids is 2. The molecule has 2 aromatic carbocycles. The first-order chi connectivity index (χ1) is 14.4. The molecule has 0 fully saturated rings. The molecule has 1 N–H and O–H groups in total. The number of carboxylic acids is 1. The number of allylic oxidation sites excluding steroid dienone is 1. The molecule has 9 heteroatoms. The molecule has 30 heavy (non-hydrogen) atoms. The molecule has 2 heterocycles. The molecule has 0 aliphatic carbocycles. The van der Waals surface area contributed by atoms with Crippen LogP contribution in [-0.4, -0.2) is 21.6 Å². The molecule has 1 aliphatic heterocycles. The summed E-state index contributed by atoms with van der Waals surface area (Å²) in [4.78, 5) is 32.9. The van der Waals surface area contributed by atoms with Crippen LogP contribution in [0.5, 0.6) is 5.88 Å². The van der Waals surface area contributed by atoms with Crippen molar-refractivity contribution in [1.82, 2.24) is 4.57 Å². The summed E-state index contributed by atoms with van der Waals surface area (Å²) in [6.07, 6.45) is 1.60. The summed E-state index contributed by atoms with van der Waals surface area (Å²) in [6.45, 7) is 3.97. The Morgan fingerprint density at radius 3 is 2.70 bits per heavy atom. The predicted molar refractivity (Wildman–Crippen MR) is 113 cm³/mol. The molecule has 0 spiro atoms. The Bertz CT molecular complexity index is 1400. The monoisotopic (exact) mass is 482 g/mol. The summed E-state index contributed by atoms with van der Waals surface area (Å²) in [5.41, 5.74) is 0.833. The zero-order valence-electron chi connectivity index (χ0n) is 15.3. The van der Waals surface area contributed by atoms with E-state index in [1.807, 2.05) is 0 Å². The number of amides is 1. The molecule has 1 aliphatic rings. The first-order valence-corrected chi connectivity index (χ1v) is 10.3. The number of aromatic nitrogens is 1. The maximum atomic E-state index is 12.6. The van der Waals surface area contributed by atoms with Gasteiger partial charge in [-0.05, 0) is 35.9 Å². The van der Waals surface area contributed by atoms with Crippen molar-refractivity contribution in [2.75, 3.05) is 0 Å². The van der Waals surface area contributed by atoms with E-state index in [0.717, 1.165) is 15.8 Å². The molecule has 0 saturated heterocycles. The highest BCUT2D eigenvalue weighted by atomic mass is 79.9. The molecule has 1 aromatic heterocycles. The van der Waals surface area contributed by atoms with Gasteiger partial charge < -0.3 is 15.0 Å². The van der Waals surface area contributed by atoms with Crippen molar-refractivity contribution in [1.29, 1.82) is 0 Å². The lowest BCUT2D eigenvalue weighted by atomic mass is 10.1. The smallest absolute Gasteiger partial charge is 0.279 e. The standard InChI is InChI=1S/C21H14BrN3O4S/c1-2-9-25-19(27)17(16-14-10-12(22)5-8-15(14)24-18(16)26)30-21(25)23-13-6-3-11(4-7-13)20(28)29/h2-8,10,27H,1,9H2,(H,28,29)/p-1. The van der Waals surface area contributed by atoms with Crippen molar-refractivity contribution in [3.05, 3.63) is 85.4 Å². The molecule has 0 bridgehead atoms. The minimum atomic E-state index is -1.27. The summed E-state index contributed by atoms with van der Waals surface area (Å²) < 4.78 is 2.31.